The molecule has 0 N–H and O–H groups in total. The Morgan fingerprint density at radius 3 is 2.47 bits per heavy atom. The number of hydrazine groups is 1. The van der Waals surface area contributed by atoms with Crippen LogP contribution in [-0.2, 0) is 6.54 Å². The highest BCUT2D eigenvalue weighted by Crippen LogP contribution is 2.32. The van der Waals surface area contributed by atoms with Gasteiger partial charge in [-0.1, -0.05) is 23.7 Å². The van der Waals surface area contributed by atoms with Crippen molar-refractivity contribution in [2.75, 3.05) is 33.2 Å². The van der Waals surface area contributed by atoms with Gasteiger partial charge in [0.2, 0.25) is 0 Å². The average molecular weight is 453 g/mol. The predicted molar refractivity (Wildman–Crippen MR) is 120 cm³/mol. The summed E-state index contributed by atoms with van der Waals surface area (Å²) in [6.07, 6.45) is 6.48. The molecular weight excluding hydrogens is 428 g/mol. The molecule has 0 aliphatic carbocycles. The molecule has 32 heavy (non-hydrogen) atoms. The summed E-state index contributed by atoms with van der Waals surface area (Å²) < 4.78 is 7.15. The van der Waals surface area contributed by atoms with Gasteiger partial charge in [0, 0.05) is 46.0 Å². The van der Waals surface area contributed by atoms with Gasteiger partial charge in [-0.15, -0.1) is 0 Å². The van der Waals surface area contributed by atoms with Crippen LogP contribution in [-0.4, -0.2) is 68.9 Å². The number of rotatable bonds is 5. The van der Waals surface area contributed by atoms with Crippen molar-refractivity contribution in [3.8, 4) is 11.5 Å². The minimum atomic E-state index is -0.0974. The van der Waals surface area contributed by atoms with E-state index in [2.05, 4.69) is 39.3 Å². The molecule has 2 saturated heterocycles. The fraction of sp³-hybridized carbons (Fsp3) is 0.348. The Balaban J connectivity index is 1.13. The van der Waals surface area contributed by atoms with Crippen molar-refractivity contribution in [3.63, 3.8) is 0 Å². The molecule has 0 radical (unpaired) electrons. The number of benzene rings is 1. The van der Waals surface area contributed by atoms with E-state index >= 15 is 0 Å². The highest BCUT2D eigenvalue weighted by atomic mass is 35.5. The molecule has 8 nitrogen and oxygen atoms in total. The lowest BCUT2D eigenvalue weighted by molar-refractivity contribution is 0.00634. The average Bonchev–Trinajstić information content (AvgIpc) is 3.50. The van der Waals surface area contributed by atoms with Crippen molar-refractivity contribution in [2.24, 2.45) is 11.8 Å². The van der Waals surface area contributed by atoms with Gasteiger partial charge in [-0.05, 0) is 41.7 Å². The van der Waals surface area contributed by atoms with Crippen molar-refractivity contribution in [1.29, 1.82) is 0 Å². The van der Waals surface area contributed by atoms with Gasteiger partial charge in [-0.3, -0.25) is 4.98 Å². The molecule has 2 fully saturated rings. The molecule has 0 saturated carbocycles. The Kier molecular flexibility index (Phi) is 5.82. The smallest absolute Gasteiger partial charge is 0.344 e. The number of ether oxygens (including phenoxy) is 1. The minimum Gasteiger partial charge on any atom is -0.456 e. The van der Waals surface area contributed by atoms with Crippen LogP contribution >= 0.6 is 11.6 Å². The standard InChI is InChI=1S/C23H25ClN6O2/c1-27(11-17-4-6-21(7-5-17)32-22-3-2-8-25-10-22)29-14-18-12-28(13-19(18)15-29)23(31)30-16-20(24)9-26-30/h2-10,16,18-19H,11-15H2,1H3/t18-,19+. The van der Waals surface area contributed by atoms with Gasteiger partial charge in [-0.2, -0.15) is 9.78 Å². The number of fused-ring (bicyclic) bond motifs is 1. The monoisotopic (exact) mass is 452 g/mol. The second-order valence-electron chi connectivity index (χ2n) is 8.43. The Morgan fingerprint density at radius 2 is 1.84 bits per heavy atom. The van der Waals surface area contributed by atoms with Crippen LogP contribution in [0.4, 0.5) is 4.79 Å². The summed E-state index contributed by atoms with van der Waals surface area (Å²) >= 11 is 5.90. The largest absolute Gasteiger partial charge is 0.456 e. The van der Waals surface area contributed by atoms with Crippen LogP contribution < -0.4 is 4.74 Å². The van der Waals surface area contributed by atoms with Crippen LogP contribution in [0.1, 0.15) is 5.56 Å². The minimum absolute atomic E-state index is 0.0974. The molecule has 5 rings (SSSR count). The number of amides is 1. The topological polar surface area (TPSA) is 66.7 Å². The fourth-order valence-corrected chi connectivity index (χ4v) is 4.66. The van der Waals surface area contributed by atoms with Crippen molar-refractivity contribution >= 4 is 17.6 Å². The number of nitrogens with zero attached hydrogens (tertiary/aromatic N) is 6. The SMILES string of the molecule is CN(Cc1ccc(Oc2cccnc2)cc1)N1C[C@H]2CN(C(=O)n3cc(Cl)cn3)C[C@H]2C1. The third kappa shape index (κ3) is 4.48. The maximum Gasteiger partial charge on any atom is 0.344 e. The number of carbonyl (C=O) groups is 1. The Labute approximate surface area is 191 Å². The highest BCUT2D eigenvalue weighted by Gasteiger charge is 2.43. The van der Waals surface area contributed by atoms with E-state index < -0.39 is 0 Å². The molecule has 0 unspecified atom stereocenters. The Morgan fingerprint density at radius 1 is 1.09 bits per heavy atom. The number of carbonyl (C=O) groups excluding carboxylic acids is 1. The van der Waals surface area contributed by atoms with Crippen LogP contribution in [0.3, 0.4) is 0 Å². The van der Waals surface area contributed by atoms with E-state index in [-0.39, 0.29) is 6.03 Å². The van der Waals surface area contributed by atoms with Crippen molar-refractivity contribution < 1.29 is 9.53 Å². The van der Waals surface area contributed by atoms with E-state index in [0.29, 0.717) is 16.9 Å². The Bertz CT molecular complexity index is 1060. The van der Waals surface area contributed by atoms with Crippen molar-refractivity contribution in [3.05, 3.63) is 71.8 Å². The van der Waals surface area contributed by atoms with E-state index in [1.165, 1.54) is 16.4 Å². The van der Waals surface area contributed by atoms with Gasteiger partial charge in [-0.25, -0.2) is 14.8 Å². The maximum absolute atomic E-state index is 12.6. The van der Waals surface area contributed by atoms with Crippen LogP contribution in [0.5, 0.6) is 11.5 Å². The van der Waals surface area contributed by atoms with E-state index in [4.69, 9.17) is 16.3 Å². The van der Waals surface area contributed by atoms with Gasteiger partial charge in [0.05, 0.1) is 23.6 Å². The lowest BCUT2D eigenvalue weighted by Gasteiger charge is -2.30. The zero-order valence-electron chi connectivity index (χ0n) is 17.8. The van der Waals surface area contributed by atoms with Gasteiger partial charge >= 0.3 is 6.03 Å². The molecule has 2 aliphatic rings. The molecule has 0 spiro atoms. The summed E-state index contributed by atoms with van der Waals surface area (Å²) in [4.78, 5) is 18.6. The van der Waals surface area contributed by atoms with Gasteiger partial charge in [0.25, 0.3) is 0 Å². The first kappa shape index (κ1) is 20.9. The summed E-state index contributed by atoms with van der Waals surface area (Å²) in [6.45, 7) is 4.23. The molecule has 2 aliphatic heterocycles. The normalized spacial score (nSPS) is 20.7. The van der Waals surface area contributed by atoms with Crippen molar-refractivity contribution in [2.45, 2.75) is 6.54 Å². The van der Waals surface area contributed by atoms with Crippen molar-refractivity contribution in [1.82, 2.24) is 29.7 Å². The molecule has 166 valence electrons. The predicted octanol–water partition coefficient (Wildman–Crippen LogP) is 3.60. The molecule has 1 amide bonds. The number of halogens is 1. The van der Waals surface area contributed by atoms with Gasteiger partial charge in [0.15, 0.2) is 0 Å². The van der Waals surface area contributed by atoms with Crippen LogP contribution in [0.25, 0.3) is 0 Å². The first-order chi connectivity index (χ1) is 15.5. The lowest BCUT2D eigenvalue weighted by Crippen LogP contribution is -2.41. The van der Waals surface area contributed by atoms with Crippen LogP contribution in [0.2, 0.25) is 5.02 Å². The molecule has 2 atom stereocenters. The number of aromatic nitrogens is 3. The van der Waals surface area contributed by atoms with Gasteiger partial charge < -0.3 is 9.64 Å². The molecule has 3 aromatic rings. The second kappa shape index (κ2) is 8.90. The van der Waals surface area contributed by atoms with E-state index in [0.717, 1.165) is 44.2 Å². The second-order valence-corrected chi connectivity index (χ2v) is 8.87. The first-order valence-electron chi connectivity index (χ1n) is 10.7. The molecule has 0 bridgehead atoms. The molecule has 2 aromatic heterocycles. The third-order valence-corrected chi connectivity index (χ3v) is 6.37. The number of hydrogen-bond donors (Lipinski definition) is 0. The molecule has 1 aromatic carbocycles. The number of likely N-dealkylation sites (tertiary alicyclic amines) is 1. The quantitative estimate of drug-likeness (QED) is 0.589. The summed E-state index contributed by atoms with van der Waals surface area (Å²) in [7, 11) is 2.12. The lowest BCUT2D eigenvalue weighted by atomic mass is 10.0. The van der Waals surface area contributed by atoms with E-state index in [9.17, 15) is 4.79 Å². The Hall–Kier alpha value is -2.94. The molecular formula is C23H25ClN6O2. The van der Waals surface area contributed by atoms with E-state index in [1.54, 1.807) is 18.6 Å². The maximum atomic E-state index is 12.6. The van der Waals surface area contributed by atoms with Crippen LogP contribution in [0.15, 0.2) is 61.2 Å². The zero-order chi connectivity index (χ0) is 22.1. The summed E-state index contributed by atoms with van der Waals surface area (Å²) in [5.74, 6) is 2.47. The summed E-state index contributed by atoms with van der Waals surface area (Å²) in [5.41, 5.74) is 1.22. The molecule has 9 heteroatoms. The number of pyridine rings is 1. The highest BCUT2D eigenvalue weighted by molar-refractivity contribution is 6.30. The third-order valence-electron chi connectivity index (χ3n) is 6.17. The van der Waals surface area contributed by atoms with Crippen LogP contribution in [0, 0.1) is 11.8 Å². The van der Waals surface area contributed by atoms with E-state index in [1.807, 2.05) is 29.2 Å². The summed E-state index contributed by atoms with van der Waals surface area (Å²) in [5, 5.41) is 9.17. The van der Waals surface area contributed by atoms with Gasteiger partial charge in [0.1, 0.15) is 11.5 Å². The summed E-state index contributed by atoms with van der Waals surface area (Å²) in [6, 6.07) is 11.8. The molecule has 4 heterocycles. The zero-order valence-corrected chi connectivity index (χ0v) is 18.6. The number of hydrogen-bond acceptors (Lipinski definition) is 6. The first-order valence-corrected chi connectivity index (χ1v) is 11.1. The fourth-order valence-electron chi connectivity index (χ4n) is 4.52.